The molecule has 0 bridgehead atoms. The molecule has 3 heterocycles. The molecular weight excluding hydrogens is 420 g/mol. The molecule has 32 heavy (non-hydrogen) atoms. The van der Waals surface area contributed by atoms with Gasteiger partial charge in [-0.3, -0.25) is 4.79 Å². The average molecular weight is 445 g/mol. The highest BCUT2D eigenvalue weighted by Crippen LogP contribution is 2.36. The lowest BCUT2D eigenvalue weighted by Gasteiger charge is -2.34. The smallest absolute Gasteiger partial charge is 0.266 e. The fourth-order valence-electron chi connectivity index (χ4n) is 4.25. The van der Waals surface area contributed by atoms with Gasteiger partial charge in [-0.05, 0) is 36.5 Å². The summed E-state index contributed by atoms with van der Waals surface area (Å²) in [6.45, 7) is 1.24. The van der Waals surface area contributed by atoms with E-state index in [9.17, 15) is 9.90 Å². The molecule has 1 unspecified atom stereocenters. The second-order valence-electron chi connectivity index (χ2n) is 8.03. The molecule has 1 N–H and O–H groups in total. The monoisotopic (exact) mass is 444 g/mol. The molecule has 162 valence electrons. The zero-order valence-electron chi connectivity index (χ0n) is 17.6. The summed E-state index contributed by atoms with van der Waals surface area (Å²) in [5.74, 6) is 0.804. The lowest BCUT2D eigenvalue weighted by atomic mass is 9.87. The molecular formula is C26H24N2O3S. The predicted molar refractivity (Wildman–Crippen MR) is 125 cm³/mol. The average Bonchev–Trinajstić information content (AvgIpc) is 3.55. The van der Waals surface area contributed by atoms with Gasteiger partial charge in [0.15, 0.2) is 10.8 Å². The minimum Gasteiger partial charge on any atom is -0.462 e. The first kappa shape index (κ1) is 20.7. The van der Waals surface area contributed by atoms with E-state index in [-0.39, 0.29) is 11.8 Å². The van der Waals surface area contributed by atoms with Crippen molar-refractivity contribution in [3.05, 3.63) is 89.5 Å². The highest BCUT2D eigenvalue weighted by Gasteiger charge is 2.31. The molecule has 0 aliphatic carbocycles. The van der Waals surface area contributed by atoms with Crippen LogP contribution >= 0.6 is 11.3 Å². The van der Waals surface area contributed by atoms with E-state index in [1.54, 1.807) is 6.26 Å². The van der Waals surface area contributed by atoms with Crippen LogP contribution < -0.4 is 0 Å². The van der Waals surface area contributed by atoms with E-state index < -0.39 is 6.10 Å². The molecule has 1 amide bonds. The van der Waals surface area contributed by atoms with Crippen LogP contribution in [0.4, 0.5) is 0 Å². The number of benzene rings is 2. The molecule has 0 radical (unpaired) electrons. The van der Waals surface area contributed by atoms with Gasteiger partial charge in [0.25, 0.3) is 5.91 Å². The Kier molecular flexibility index (Phi) is 5.88. The Morgan fingerprint density at radius 3 is 2.34 bits per heavy atom. The molecule has 2 aromatic heterocycles. The number of aromatic nitrogens is 1. The Bertz CT molecular complexity index is 1160. The van der Waals surface area contributed by atoms with Crippen LogP contribution in [0.1, 0.15) is 34.2 Å². The molecule has 1 fully saturated rings. The Morgan fingerprint density at radius 2 is 1.69 bits per heavy atom. The summed E-state index contributed by atoms with van der Waals surface area (Å²) in [7, 11) is 0. The van der Waals surface area contributed by atoms with Crippen LogP contribution in [-0.4, -0.2) is 34.0 Å². The number of nitrogens with zero attached hydrogens (tertiary/aromatic N) is 2. The second-order valence-corrected chi connectivity index (χ2v) is 9.02. The van der Waals surface area contributed by atoms with E-state index in [1.165, 1.54) is 11.3 Å². The molecule has 5 nitrogen and oxygen atoms in total. The molecule has 2 aromatic carbocycles. The number of hydrogen-bond acceptors (Lipinski definition) is 5. The van der Waals surface area contributed by atoms with Crippen LogP contribution in [0, 0.1) is 5.92 Å². The number of amides is 1. The summed E-state index contributed by atoms with van der Waals surface area (Å²) in [4.78, 5) is 20.8. The number of furan rings is 1. The molecule has 1 saturated heterocycles. The van der Waals surface area contributed by atoms with Gasteiger partial charge in [-0.25, -0.2) is 4.98 Å². The maximum atomic E-state index is 13.5. The SMILES string of the molecule is O=C(c1sc(-c2ccco2)nc1-c1ccccc1)N1CCC(C(O)c2ccccc2)CC1. The first-order valence-corrected chi connectivity index (χ1v) is 11.6. The standard InChI is InChI=1S/C26H24N2O3S/c29-23(19-10-5-2-6-11-19)20-13-15-28(16-14-20)26(30)24-22(18-8-3-1-4-9-18)27-25(32-24)21-12-7-17-31-21/h1-12,17,20,23,29H,13-16H2. The normalized spacial score (nSPS) is 15.6. The fourth-order valence-corrected chi connectivity index (χ4v) is 5.27. The lowest BCUT2D eigenvalue weighted by molar-refractivity contribution is 0.0466. The van der Waals surface area contributed by atoms with Crippen LogP contribution in [0.2, 0.25) is 0 Å². The van der Waals surface area contributed by atoms with Crippen LogP contribution in [0.25, 0.3) is 22.0 Å². The number of likely N-dealkylation sites (tertiary alicyclic amines) is 1. The summed E-state index contributed by atoms with van der Waals surface area (Å²) >= 11 is 1.37. The number of thiazole rings is 1. The zero-order valence-corrected chi connectivity index (χ0v) is 18.4. The highest BCUT2D eigenvalue weighted by molar-refractivity contribution is 7.17. The van der Waals surface area contributed by atoms with Gasteiger partial charge in [-0.2, -0.15) is 0 Å². The molecule has 4 aromatic rings. The van der Waals surface area contributed by atoms with Crippen molar-refractivity contribution in [1.82, 2.24) is 9.88 Å². The minimum absolute atomic E-state index is 0.00758. The molecule has 6 heteroatoms. The van der Waals surface area contributed by atoms with Crippen LogP contribution in [-0.2, 0) is 0 Å². The van der Waals surface area contributed by atoms with E-state index in [0.717, 1.165) is 24.0 Å². The zero-order chi connectivity index (χ0) is 21.9. The number of aliphatic hydroxyl groups excluding tert-OH is 1. The molecule has 1 atom stereocenters. The highest BCUT2D eigenvalue weighted by atomic mass is 32.1. The van der Waals surface area contributed by atoms with E-state index >= 15 is 0 Å². The van der Waals surface area contributed by atoms with Gasteiger partial charge in [-0.15, -0.1) is 11.3 Å². The van der Waals surface area contributed by atoms with E-state index in [4.69, 9.17) is 9.40 Å². The Morgan fingerprint density at radius 1 is 1.00 bits per heavy atom. The molecule has 0 saturated carbocycles. The second kappa shape index (κ2) is 9.10. The Labute approximate surface area is 191 Å². The van der Waals surface area contributed by atoms with Gasteiger partial charge in [-0.1, -0.05) is 60.7 Å². The summed E-state index contributed by atoms with van der Waals surface area (Å²) in [5.41, 5.74) is 2.55. The summed E-state index contributed by atoms with van der Waals surface area (Å²) in [6, 6.07) is 23.2. The van der Waals surface area contributed by atoms with Gasteiger partial charge < -0.3 is 14.4 Å². The van der Waals surface area contributed by atoms with Crippen molar-refractivity contribution < 1.29 is 14.3 Å². The number of carbonyl (C=O) groups is 1. The molecule has 5 rings (SSSR count). The first-order valence-electron chi connectivity index (χ1n) is 10.8. The van der Waals surface area contributed by atoms with Gasteiger partial charge in [0, 0.05) is 18.7 Å². The van der Waals surface area contributed by atoms with Crippen molar-refractivity contribution in [2.45, 2.75) is 18.9 Å². The third-order valence-corrected chi connectivity index (χ3v) is 7.07. The topological polar surface area (TPSA) is 66.6 Å². The summed E-state index contributed by atoms with van der Waals surface area (Å²) < 4.78 is 5.53. The van der Waals surface area contributed by atoms with Gasteiger partial charge >= 0.3 is 0 Å². The fraction of sp³-hybridized carbons (Fsp3) is 0.231. The Balaban J connectivity index is 1.36. The predicted octanol–water partition coefficient (Wildman–Crippen LogP) is 5.66. The van der Waals surface area contributed by atoms with Crippen molar-refractivity contribution in [2.75, 3.05) is 13.1 Å². The van der Waals surface area contributed by atoms with Crippen LogP contribution in [0.5, 0.6) is 0 Å². The van der Waals surface area contributed by atoms with E-state index in [2.05, 4.69) is 0 Å². The van der Waals surface area contributed by atoms with Crippen molar-refractivity contribution in [1.29, 1.82) is 0 Å². The lowest BCUT2D eigenvalue weighted by Crippen LogP contribution is -2.39. The van der Waals surface area contributed by atoms with Gasteiger partial charge in [0.05, 0.1) is 18.1 Å². The van der Waals surface area contributed by atoms with Crippen molar-refractivity contribution in [3.8, 4) is 22.0 Å². The maximum Gasteiger partial charge on any atom is 0.266 e. The Hall–Kier alpha value is -3.22. The van der Waals surface area contributed by atoms with Crippen molar-refractivity contribution in [3.63, 3.8) is 0 Å². The third-order valence-electron chi connectivity index (χ3n) is 6.02. The third kappa shape index (κ3) is 4.11. The van der Waals surface area contributed by atoms with E-state index in [1.807, 2.05) is 77.7 Å². The molecule has 1 aliphatic rings. The van der Waals surface area contributed by atoms with Crippen molar-refractivity contribution >= 4 is 17.2 Å². The van der Waals surface area contributed by atoms with Gasteiger partial charge in [0.2, 0.25) is 0 Å². The minimum atomic E-state index is -0.498. The van der Waals surface area contributed by atoms with Crippen LogP contribution in [0.15, 0.2) is 83.5 Å². The number of carbonyl (C=O) groups excluding carboxylic acids is 1. The number of aliphatic hydroxyl groups is 1. The maximum absolute atomic E-state index is 13.5. The number of piperidine rings is 1. The quantitative estimate of drug-likeness (QED) is 0.432. The first-order chi connectivity index (χ1) is 15.7. The number of rotatable bonds is 5. The van der Waals surface area contributed by atoms with Gasteiger partial charge in [0.1, 0.15) is 4.88 Å². The molecule has 0 spiro atoms. The number of hydrogen-bond donors (Lipinski definition) is 1. The van der Waals surface area contributed by atoms with Crippen molar-refractivity contribution in [2.24, 2.45) is 5.92 Å². The summed E-state index contributed by atoms with van der Waals surface area (Å²) in [5, 5.41) is 11.5. The summed E-state index contributed by atoms with van der Waals surface area (Å²) in [6.07, 6.45) is 2.66. The van der Waals surface area contributed by atoms with E-state index in [0.29, 0.717) is 34.4 Å². The van der Waals surface area contributed by atoms with Crippen LogP contribution in [0.3, 0.4) is 0 Å². The largest absolute Gasteiger partial charge is 0.462 e. The molecule has 1 aliphatic heterocycles.